The summed E-state index contributed by atoms with van der Waals surface area (Å²) in [5, 5.41) is 3.92. The van der Waals surface area contributed by atoms with Crippen molar-refractivity contribution in [3.8, 4) is 67.5 Å². The average molecular weight is 719 g/mol. The fourth-order valence-corrected chi connectivity index (χ4v) is 7.77. The quantitative estimate of drug-likeness (QED) is 0.171. The van der Waals surface area contributed by atoms with Crippen LogP contribution in [-0.4, -0.2) is 15.0 Å². The van der Waals surface area contributed by atoms with E-state index in [1.54, 1.807) is 6.07 Å². The zero-order valence-corrected chi connectivity index (χ0v) is 30.0. The molecule has 5 nitrogen and oxygen atoms in total. The SMILES string of the molecule is [2H]c1cccc(-c2ccc(-c3ccc(-c4ccc5oc6cccc(-c7nc(-c8ccccc8)nc(-c8cccc9oc%10ccccc%10c89)n7)c6c5c4)cc3)cc2)c1. The van der Waals surface area contributed by atoms with Gasteiger partial charge < -0.3 is 8.83 Å². The molecule has 3 aromatic heterocycles. The molecule has 0 fully saturated rings. The molecule has 0 saturated carbocycles. The van der Waals surface area contributed by atoms with Gasteiger partial charge in [0.15, 0.2) is 17.5 Å². The lowest BCUT2D eigenvalue weighted by molar-refractivity contribution is 0.668. The van der Waals surface area contributed by atoms with Gasteiger partial charge in [0.05, 0.1) is 1.37 Å². The third kappa shape index (κ3) is 5.45. The van der Waals surface area contributed by atoms with Gasteiger partial charge in [0.1, 0.15) is 22.3 Å². The standard InChI is InChI=1S/C51H31N3O2/c1-3-11-32(12-4-1)33-21-23-34(24-22-33)35-25-27-36(28-26-35)38-29-30-44-42(31-38)48-41(17-10-20-46(48)56-44)51-53-49(37-13-5-2-6-14-37)52-50(54-51)40-16-9-19-45-47(40)39-15-7-8-18-43(39)55-45/h1-31H/i3D. The molecule has 8 aromatic carbocycles. The Balaban J connectivity index is 1.02. The Morgan fingerprint density at radius 3 is 1.43 bits per heavy atom. The summed E-state index contributed by atoms with van der Waals surface area (Å²) in [5.74, 6) is 1.71. The Labute approximate surface area is 323 Å². The molecule has 0 N–H and O–H groups in total. The second-order valence-corrected chi connectivity index (χ2v) is 13.9. The number of aromatic nitrogens is 3. The molecular weight excluding hydrogens is 687 g/mol. The third-order valence-corrected chi connectivity index (χ3v) is 10.5. The number of para-hydroxylation sites is 1. The number of furan rings is 2. The van der Waals surface area contributed by atoms with E-state index in [0.717, 1.165) is 93.9 Å². The molecule has 0 aliphatic rings. The molecule has 3 heterocycles. The normalized spacial score (nSPS) is 11.8. The van der Waals surface area contributed by atoms with E-state index in [1.165, 1.54) is 0 Å². The van der Waals surface area contributed by atoms with E-state index in [0.29, 0.717) is 23.5 Å². The van der Waals surface area contributed by atoms with E-state index in [2.05, 4.69) is 78.9 Å². The predicted molar refractivity (Wildman–Crippen MR) is 227 cm³/mol. The van der Waals surface area contributed by atoms with E-state index in [9.17, 15) is 0 Å². The molecule has 11 aromatic rings. The molecule has 0 amide bonds. The van der Waals surface area contributed by atoms with Crippen molar-refractivity contribution in [2.45, 2.75) is 0 Å². The zero-order valence-electron chi connectivity index (χ0n) is 31.0. The summed E-state index contributed by atoms with van der Waals surface area (Å²) < 4.78 is 20.7. The van der Waals surface area contributed by atoms with Gasteiger partial charge in [0, 0.05) is 38.2 Å². The Morgan fingerprint density at radius 2 is 0.786 bits per heavy atom. The van der Waals surface area contributed by atoms with E-state index in [-0.39, 0.29) is 0 Å². The summed E-state index contributed by atoms with van der Waals surface area (Å²) in [6, 6.07) is 61.9. The first-order valence-electron chi connectivity index (χ1n) is 19.1. The third-order valence-electron chi connectivity index (χ3n) is 10.5. The average Bonchev–Trinajstić information content (AvgIpc) is 3.85. The maximum Gasteiger partial charge on any atom is 0.164 e. The van der Waals surface area contributed by atoms with Gasteiger partial charge in [-0.3, -0.25) is 0 Å². The molecule has 0 aliphatic heterocycles. The highest BCUT2D eigenvalue weighted by molar-refractivity contribution is 6.14. The van der Waals surface area contributed by atoms with Crippen molar-refractivity contribution in [3.63, 3.8) is 0 Å². The molecule has 0 radical (unpaired) electrons. The Kier molecular flexibility index (Phi) is 7.17. The smallest absolute Gasteiger partial charge is 0.164 e. The van der Waals surface area contributed by atoms with Crippen molar-refractivity contribution >= 4 is 43.9 Å². The van der Waals surface area contributed by atoms with Crippen LogP contribution in [0.15, 0.2) is 197 Å². The maximum atomic E-state index is 7.97. The topological polar surface area (TPSA) is 65.0 Å². The maximum absolute atomic E-state index is 7.97. The van der Waals surface area contributed by atoms with E-state index < -0.39 is 0 Å². The molecule has 0 unspecified atom stereocenters. The number of nitrogens with zero attached hydrogens (tertiary/aromatic N) is 3. The van der Waals surface area contributed by atoms with Crippen LogP contribution in [0.3, 0.4) is 0 Å². The van der Waals surface area contributed by atoms with Gasteiger partial charge >= 0.3 is 0 Å². The molecule has 0 atom stereocenters. The molecule has 262 valence electrons. The highest BCUT2D eigenvalue weighted by Crippen LogP contribution is 2.40. The van der Waals surface area contributed by atoms with Crippen molar-refractivity contribution in [2.75, 3.05) is 0 Å². The first kappa shape index (κ1) is 30.8. The number of fused-ring (bicyclic) bond motifs is 6. The van der Waals surface area contributed by atoms with Crippen LogP contribution in [-0.2, 0) is 0 Å². The van der Waals surface area contributed by atoms with Gasteiger partial charge in [-0.2, -0.15) is 0 Å². The second-order valence-electron chi connectivity index (χ2n) is 13.9. The van der Waals surface area contributed by atoms with Crippen molar-refractivity contribution in [3.05, 3.63) is 188 Å². The number of rotatable bonds is 6. The number of hydrogen-bond acceptors (Lipinski definition) is 5. The predicted octanol–water partition coefficient (Wildman–Crippen LogP) is 13.7. The molecule has 11 rings (SSSR count). The van der Waals surface area contributed by atoms with Gasteiger partial charge in [0.25, 0.3) is 0 Å². The van der Waals surface area contributed by atoms with Crippen molar-refractivity contribution in [1.82, 2.24) is 15.0 Å². The molecule has 56 heavy (non-hydrogen) atoms. The lowest BCUT2D eigenvalue weighted by Crippen LogP contribution is -2.00. The zero-order chi connectivity index (χ0) is 37.9. The minimum absolute atomic E-state index is 0.510. The fraction of sp³-hybridized carbons (Fsp3) is 0. The van der Waals surface area contributed by atoms with Gasteiger partial charge in [0.2, 0.25) is 0 Å². The first-order chi connectivity index (χ1) is 28.1. The molecule has 0 spiro atoms. The minimum atomic E-state index is 0.510. The van der Waals surface area contributed by atoms with Crippen LogP contribution in [0.25, 0.3) is 111 Å². The summed E-state index contributed by atoms with van der Waals surface area (Å²) in [5.41, 5.74) is 12.4. The monoisotopic (exact) mass is 718 g/mol. The van der Waals surface area contributed by atoms with Gasteiger partial charge in [-0.25, -0.2) is 15.0 Å². The highest BCUT2D eigenvalue weighted by atomic mass is 16.3. The van der Waals surface area contributed by atoms with Crippen LogP contribution in [0.1, 0.15) is 1.37 Å². The summed E-state index contributed by atoms with van der Waals surface area (Å²) in [6.45, 7) is 0. The van der Waals surface area contributed by atoms with E-state index in [4.69, 9.17) is 25.2 Å². The molecular formula is C51H31N3O2. The largest absolute Gasteiger partial charge is 0.456 e. The number of hydrogen-bond donors (Lipinski definition) is 0. The van der Waals surface area contributed by atoms with Crippen LogP contribution < -0.4 is 0 Å². The van der Waals surface area contributed by atoms with Gasteiger partial charge in [-0.1, -0.05) is 158 Å². The summed E-state index contributed by atoms with van der Waals surface area (Å²) >= 11 is 0. The minimum Gasteiger partial charge on any atom is -0.456 e. The molecule has 5 heteroatoms. The first-order valence-corrected chi connectivity index (χ1v) is 18.6. The van der Waals surface area contributed by atoms with Gasteiger partial charge in [-0.15, -0.1) is 0 Å². The number of benzene rings is 8. The summed E-state index contributed by atoms with van der Waals surface area (Å²) in [4.78, 5) is 15.4. The van der Waals surface area contributed by atoms with Crippen molar-refractivity contribution in [1.29, 1.82) is 0 Å². The van der Waals surface area contributed by atoms with Crippen LogP contribution in [0.5, 0.6) is 0 Å². The lowest BCUT2D eigenvalue weighted by Gasteiger charge is -2.10. The summed E-state index contributed by atoms with van der Waals surface area (Å²) in [7, 11) is 0. The van der Waals surface area contributed by atoms with Crippen LogP contribution in [0, 0.1) is 0 Å². The van der Waals surface area contributed by atoms with E-state index in [1.807, 2.05) is 97.1 Å². The van der Waals surface area contributed by atoms with Crippen molar-refractivity contribution in [2.24, 2.45) is 0 Å². The molecule has 0 aliphatic carbocycles. The Morgan fingerprint density at radius 1 is 0.321 bits per heavy atom. The van der Waals surface area contributed by atoms with Crippen LogP contribution in [0.2, 0.25) is 0 Å². The molecule has 0 saturated heterocycles. The van der Waals surface area contributed by atoms with Crippen LogP contribution in [0.4, 0.5) is 0 Å². The Bertz CT molecular complexity index is 3300. The van der Waals surface area contributed by atoms with Gasteiger partial charge in [-0.05, 0) is 63.7 Å². The van der Waals surface area contributed by atoms with Crippen molar-refractivity contribution < 1.29 is 10.2 Å². The fourth-order valence-electron chi connectivity index (χ4n) is 7.77. The highest BCUT2D eigenvalue weighted by Gasteiger charge is 2.20. The second kappa shape index (κ2) is 13.0. The molecule has 0 bridgehead atoms. The Hall–Kier alpha value is -7.63. The van der Waals surface area contributed by atoms with Crippen LogP contribution >= 0.6 is 0 Å². The summed E-state index contributed by atoms with van der Waals surface area (Å²) in [6.07, 6.45) is 0. The van der Waals surface area contributed by atoms with E-state index >= 15 is 0 Å². The lowest BCUT2D eigenvalue weighted by atomic mass is 9.97.